The fraction of sp³-hybridized carbons (Fsp3) is 0.350. The van der Waals surface area contributed by atoms with Gasteiger partial charge in [-0.2, -0.15) is 0 Å². The number of benzene rings is 2. The molecule has 126 valence electrons. The van der Waals surface area contributed by atoms with Crippen molar-refractivity contribution in [2.75, 3.05) is 22.1 Å². The van der Waals surface area contributed by atoms with Gasteiger partial charge in [0.05, 0.1) is 0 Å². The second-order valence-electron chi connectivity index (χ2n) is 6.24. The average molecular weight is 323 g/mol. The van der Waals surface area contributed by atoms with Gasteiger partial charge in [0.1, 0.15) is 0 Å². The molecular formula is C20H25N3O. The Bertz CT molecular complexity index is 654. The number of hydrogen-bond acceptors (Lipinski definition) is 2. The highest BCUT2D eigenvalue weighted by Gasteiger charge is 2.20. The van der Waals surface area contributed by atoms with Crippen LogP contribution in [0.4, 0.5) is 21.9 Å². The number of carbonyl (C=O) groups is 1. The van der Waals surface area contributed by atoms with Crippen LogP contribution in [0.25, 0.3) is 0 Å². The summed E-state index contributed by atoms with van der Waals surface area (Å²) in [6, 6.07) is 18.0. The highest BCUT2D eigenvalue weighted by atomic mass is 16.2. The van der Waals surface area contributed by atoms with Crippen LogP contribution in [0.2, 0.25) is 0 Å². The Morgan fingerprint density at radius 2 is 1.67 bits per heavy atom. The van der Waals surface area contributed by atoms with Crippen LogP contribution in [0.3, 0.4) is 0 Å². The number of rotatable bonds is 4. The van der Waals surface area contributed by atoms with E-state index in [1.165, 1.54) is 31.4 Å². The molecule has 24 heavy (non-hydrogen) atoms. The van der Waals surface area contributed by atoms with Gasteiger partial charge in [-0.15, -0.1) is 0 Å². The highest BCUT2D eigenvalue weighted by molar-refractivity contribution is 5.99. The zero-order chi connectivity index (χ0) is 16.8. The average Bonchev–Trinajstić information content (AvgIpc) is 2.63. The molecule has 1 atom stereocenters. The number of para-hydroxylation sites is 1. The van der Waals surface area contributed by atoms with Crippen LogP contribution in [0.5, 0.6) is 0 Å². The van der Waals surface area contributed by atoms with Crippen molar-refractivity contribution in [2.45, 2.75) is 38.6 Å². The third-order valence-corrected chi connectivity index (χ3v) is 4.59. The minimum absolute atomic E-state index is 0.224. The SMILES string of the molecule is CCC1CCCCN1c1ccc(NC(=O)Nc2ccccc2)cc1. The van der Waals surface area contributed by atoms with E-state index in [-0.39, 0.29) is 6.03 Å². The topological polar surface area (TPSA) is 44.4 Å². The zero-order valence-electron chi connectivity index (χ0n) is 14.2. The molecule has 2 amide bonds. The van der Waals surface area contributed by atoms with Gasteiger partial charge in [-0.3, -0.25) is 0 Å². The molecule has 1 aliphatic heterocycles. The van der Waals surface area contributed by atoms with E-state index < -0.39 is 0 Å². The van der Waals surface area contributed by atoms with Crippen LogP contribution in [0.1, 0.15) is 32.6 Å². The molecule has 1 fully saturated rings. The minimum atomic E-state index is -0.224. The molecule has 0 aliphatic carbocycles. The first-order valence-electron chi connectivity index (χ1n) is 8.76. The second kappa shape index (κ2) is 7.86. The smallest absolute Gasteiger partial charge is 0.323 e. The van der Waals surface area contributed by atoms with Gasteiger partial charge in [0.2, 0.25) is 0 Å². The summed E-state index contributed by atoms with van der Waals surface area (Å²) in [5.41, 5.74) is 2.83. The van der Waals surface area contributed by atoms with Crippen LogP contribution in [0, 0.1) is 0 Å². The van der Waals surface area contributed by atoms with Crippen LogP contribution in [-0.2, 0) is 0 Å². The Morgan fingerprint density at radius 1 is 1.00 bits per heavy atom. The fourth-order valence-corrected chi connectivity index (χ4v) is 3.32. The summed E-state index contributed by atoms with van der Waals surface area (Å²) < 4.78 is 0. The first kappa shape index (κ1) is 16.4. The number of carbonyl (C=O) groups excluding carboxylic acids is 1. The summed E-state index contributed by atoms with van der Waals surface area (Å²) in [7, 11) is 0. The van der Waals surface area contributed by atoms with Crippen molar-refractivity contribution in [1.29, 1.82) is 0 Å². The van der Waals surface area contributed by atoms with Gasteiger partial charge in [-0.1, -0.05) is 25.1 Å². The Kier molecular flexibility index (Phi) is 5.36. The lowest BCUT2D eigenvalue weighted by molar-refractivity contribution is 0.262. The van der Waals surface area contributed by atoms with E-state index in [0.717, 1.165) is 17.9 Å². The maximum Gasteiger partial charge on any atom is 0.323 e. The lowest BCUT2D eigenvalue weighted by Crippen LogP contribution is -2.39. The summed E-state index contributed by atoms with van der Waals surface area (Å²) in [6.07, 6.45) is 5.04. The normalized spacial score (nSPS) is 17.4. The van der Waals surface area contributed by atoms with E-state index in [9.17, 15) is 4.79 Å². The molecule has 1 heterocycles. The Balaban J connectivity index is 1.61. The fourth-order valence-electron chi connectivity index (χ4n) is 3.32. The lowest BCUT2D eigenvalue weighted by atomic mass is 9.99. The predicted octanol–water partition coefficient (Wildman–Crippen LogP) is 5.10. The molecule has 1 unspecified atom stereocenters. The minimum Gasteiger partial charge on any atom is -0.369 e. The second-order valence-corrected chi connectivity index (χ2v) is 6.24. The van der Waals surface area contributed by atoms with Gasteiger partial charge in [0.15, 0.2) is 0 Å². The van der Waals surface area contributed by atoms with E-state index in [2.05, 4.69) is 34.6 Å². The summed E-state index contributed by atoms with van der Waals surface area (Å²) in [5, 5.41) is 5.70. The van der Waals surface area contributed by atoms with Gasteiger partial charge in [-0.05, 0) is 62.1 Å². The first-order valence-corrected chi connectivity index (χ1v) is 8.76. The van der Waals surface area contributed by atoms with Crippen molar-refractivity contribution >= 4 is 23.1 Å². The largest absolute Gasteiger partial charge is 0.369 e. The monoisotopic (exact) mass is 323 g/mol. The summed E-state index contributed by atoms with van der Waals surface area (Å²) in [5.74, 6) is 0. The molecule has 4 nitrogen and oxygen atoms in total. The molecule has 0 bridgehead atoms. The molecule has 1 aliphatic rings. The van der Waals surface area contributed by atoms with E-state index >= 15 is 0 Å². The van der Waals surface area contributed by atoms with Crippen LogP contribution in [-0.4, -0.2) is 18.6 Å². The highest BCUT2D eigenvalue weighted by Crippen LogP contribution is 2.27. The maximum atomic E-state index is 12.0. The van der Waals surface area contributed by atoms with Crippen LogP contribution in [0.15, 0.2) is 54.6 Å². The molecule has 2 aromatic rings. The third kappa shape index (κ3) is 4.07. The van der Waals surface area contributed by atoms with Crippen molar-refractivity contribution in [3.63, 3.8) is 0 Å². The quantitative estimate of drug-likeness (QED) is 0.822. The summed E-state index contributed by atoms with van der Waals surface area (Å²) in [6.45, 7) is 3.38. The number of amides is 2. The van der Waals surface area contributed by atoms with E-state index in [4.69, 9.17) is 0 Å². The van der Waals surface area contributed by atoms with Gasteiger partial charge in [-0.25, -0.2) is 4.79 Å². The third-order valence-electron chi connectivity index (χ3n) is 4.59. The van der Waals surface area contributed by atoms with Crippen molar-refractivity contribution in [1.82, 2.24) is 0 Å². The van der Waals surface area contributed by atoms with E-state index in [1.54, 1.807) is 0 Å². The Morgan fingerprint density at radius 3 is 2.33 bits per heavy atom. The molecule has 2 aromatic carbocycles. The molecule has 0 radical (unpaired) electrons. The lowest BCUT2D eigenvalue weighted by Gasteiger charge is -2.37. The maximum absolute atomic E-state index is 12.0. The van der Waals surface area contributed by atoms with Crippen molar-refractivity contribution in [2.24, 2.45) is 0 Å². The number of nitrogens with zero attached hydrogens (tertiary/aromatic N) is 1. The van der Waals surface area contributed by atoms with Crippen LogP contribution >= 0.6 is 0 Å². The summed E-state index contributed by atoms with van der Waals surface area (Å²) >= 11 is 0. The predicted molar refractivity (Wildman–Crippen MR) is 101 cm³/mol. The van der Waals surface area contributed by atoms with Gasteiger partial charge >= 0.3 is 6.03 Å². The molecule has 1 saturated heterocycles. The molecule has 3 rings (SSSR count). The summed E-state index contributed by atoms with van der Waals surface area (Å²) in [4.78, 5) is 14.5. The first-order chi connectivity index (χ1) is 11.8. The van der Waals surface area contributed by atoms with Gasteiger partial charge in [0, 0.05) is 29.6 Å². The molecule has 0 saturated carbocycles. The Hall–Kier alpha value is -2.49. The number of piperidine rings is 1. The Labute approximate surface area is 143 Å². The molecule has 2 N–H and O–H groups in total. The van der Waals surface area contributed by atoms with Crippen molar-refractivity contribution in [3.05, 3.63) is 54.6 Å². The van der Waals surface area contributed by atoms with Crippen molar-refractivity contribution < 1.29 is 4.79 Å². The molecule has 4 heteroatoms. The molecular weight excluding hydrogens is 298 g/mol. The molecule has 0 spiro atoms. The van der Waals surface area contributed by atoms with Gasteiger partial charge in [0.25, 0.3) is 0 Å². The van der Waals surface area contributed by atoms with E-state index in [1.807, 2.05) is 42.5 Å². The number of urea groups is 1. The molecule has 0 aromatic heterocycles. The van der Waals surface area contributed by atoms with Crippen LogP contribution < -0.4 is 15.5 Å². The van der Waals surface area contributed by atoms with Gasteiger partial charge < -0.3 is 15.5 Å². The van der Waals surface area contributed by atoms with Crippen molar-refractivity contribution in [3.8, 4) is 0 Å². The standard InChI is InChI=1S/C20H25N3O/c1-2-18-10-6-7-15-23(18)19-13-11-17(12-14-19)22-20(24)21-16-8-4-3-5-9-16/h3-5,8-9,11-14,18H,2,6-7,10,15H2,1H3,(H2,21,22,24). The number of nitrogens with one attached hydrogen (secondary N) is 2. The van der Waals surface area contributed by atoms with E-state index in [0.29, 0.717) is 6.04 Å². The zero-order valence-corrected chi connectivity index (χ0v) is 14.2. The number of anilines is 3. The number of hydrogen-bond donors (Lipinski definition) is 2.